The Labute approximate surface area is 197 Å². The molecule has 0 fully saturated rings. The molecule has 0 aromatic heterocycles. The van der Waals surface area contributed by atoms with E-state index in [9.17, 15) is 9.59 Å². The molecular formula is C24H13Cl2NO6. The van der Waals surface area contributed by atoms with Crippen LogP contribution in [0, 0.1) is 0 Å². The number of hydrogen-bond acceptors (Lipinski definition) is 7. The number of benzene rings is 3. The van der Waals surface area contributed by atoms with Crippen molar-refractivity contribution in [3.05, 3.63) is 93.1 Å². The predicted octanol–water partition coefficient (Wildman–Crippen LogP) is 5.29. The number of cyclic esters (lactones) is 1. The first-order valence-corrected chi connectivity index (χ1v) is 10.4. The maximum atomic E-state index is 12.6. The van der Waals surface area contributed by atoms with Gasteiger partial charge in [-0.2, -0.15) is 0 Å². The first kappa shape index (κ1) is 21.1. The summed E-state index contributed by atoms with van der Waals surface area (Å²) in [4.78, 5) is 29.3. The van der Waals surface area contributed by atoms with Gasteiger partial charge in [0.25, 0.3) is 0 Å². The number of fused-ring (bicyclic) bond motifs is 1. The van der Waals surface area contributed by atoms with Gasteiger partial charge in [0.2, 0.25) is 12.7 Å². The average molecular weight is 482 g/mol. The molecule has 3 aromatic carbocycles. The second-order valence-electron chi connectivity index (χ2n) is 6.96. The summed E-state index contributed by atoms with van der Waals surface area (Å²) < 4.78 is 21.5. The van der Waals surface area contributed by atoms with Crippen molar-refractivity contribution in [3.8, 4) is 17.2 Å². The van der Waals surface area contributed by atoms with Crippen molar-refractivity contribution < 1.29 is 28.5 Å². The number of rotatable bonds is 4. The molecule has 9 heteroatoms. The quantitative estimate of drug-likeness (QED) is 0.286. The molecule has 7 nitrogen and oxygen atoms in total. The van der Waals surface area contributed by atoms with E-state index in [0.29, 0.717) is 27.6 Å². The van der Waals surface area contributed by atoms with Crippen LogP contribution < -0.4 is 14.2 Å². The Kier molecular flexibility index (Phi) is 5.50. The lowest BCUT2D eigenvalue weighted by Gasteiger charge is -2.09. The summed E-state index contributed by atoms with van der Waals surface area (Å²) in [6.45, 7) is 0.132. The van der Waals surface area contributed by atoms with Crippen LogP contribution in [0.3, 0.4) is 0 Å². The van der Waals surface area contributed by atoms with Crippen LogP contribution in [0.15, 0.2) is 71.4 Å². The number of aliphatic imine (C=N–C) groups is 1. The SMILES string of the molecule is O=C1OC(c2ccc3c(c2)OCO3)=N/C1=C/c1ccccc1OC(=O)c1ccc(Cl)cc1Cl. The van der Waals surface area contributed by atoms with Crippen LogP contribution in [0.5, 0.6) is 17.2 Å². The molecule has 2 aliphatic heterocycles. The lowest BCUT2D eigenvalue weighted by atomic mass is 10.1. The monoisotopic (exact) mass is 481 g/mol. The van der Waals surface area contributed by atoms with E-state index in [1.807, 2.05) is 0 Å². The lowest BCUT2D eigenvalue weighted by molar-refractivity contribution is -0.129. The Bertz CT molecular complexity index is 1360. The Morgan fingerprint density at radius 3 is 2.67 bits per heavy atom. The number of carbonyl (C=O) groups is 2. The summed E-state index contributed by atoms with van der Waals surface area (Å²) in [6, 6.07) is 16.3. The molecule has 0 bridgehead atoms. The van der Waals surface area contributed by atoms with Crippen molar-refractivity contribution in [2.45, 2.75) is 0 Å². The van der Waals surface area contributed by atoms with Crippen molar-refractivity contribution in [2.24, 2.45) is 4.99 Å². The van der Waals surface area contributed by atoms with E-state index >= 15 is 0 Å². The molecular weight excluding hydrogens is 469 g/mol. The van der Waals surface area contributed by atoms with Crippen molar-refractivity contribution in [1.29, 1.82) is 0 Å². The largest absolute Gasteiger partial charge is 0.454 e. The molecule has 2 aliphatic rings. The maximum Gasteiger partial charge on any atom is 0.363 e. The predicted molar refractivity (Wildman–Crippen MR) is 121 cm³/mol. The molecule has 0 spiro atoms. The molecule has 2 heterocycles. The van der Waals surface area contributed by atoms with Gasteiger partial charge < -0.3 is 18.9 Å². The summed E-state index contributed by atoms with van der Waals surface area (Å²) in [6.07, 6.45) is 1.48. The van der Waals surface area contributed by atoms with Gasteiger partial charge in [-0.05, 0) is 48.5 Å². The van der Waals surface area contributed by atoms with Crippen molar-refractivity contribution >= 4 is 47.1 Å². The molecule has 0 aliphatic carbocycles. The molecule has 3 aromatic rings. The Balaban J connectivity index is 1.42. The maximum absolute atomic E-state index is 12.6. The molecule has 0 amide bonds. The van der Waals surface area contributed by atoms with E-state index in [1.165, 1.54) is 18.2 Å². The van der Waals surface area contributed by atoms with Crippen molar-refractivity contribution in [3.63, 3.8) is 0 Å². The van der Waals surface area contributed by atoms with E-state index < -0.39 is 11.9 Å². The van der Waals surface area contributed by atoms with Crippen molar-refractivity contribution in [2.75, 3.05) is 6.79 Å². The Morgan fingerprint density at radius 1 is 1.00 bits per heavy atom. The van der Waals surface area contributed by atoms with E-state index in [-0.39, 0.29) is 34.7 Å². The molecule has 5 rings (SSSR count). The first-order valence-electron chi connectivity index (χ1n) is 9.67. The molecule has 0 saturated carbocycles. The molecule has 33 heavy (non-hydrogen) atoms. The third-order valence-electron chi connectivity index (χ3n) is 4.80. The molecule has 0 radical (unpaired) electrons. The number of nitrogens with zero attached hydrogens (tertiary/aromatic N) is 1. The summed E-state index contributed by atoms with van der Waals surface area (Å²) in [5, 5.41) is 0.568. The van der Waals surface area contributed by atoms with E-state index in [4.69, 9.17) is 42.1 Å². The average Bonchev–Trinajstić information content (AvgIpc) is 3.41. The fourth-order valence-corrected chi connectivity index (χ4v) is 3.70. The highest BCUT2D eigenvalue weighted by molar-refractivity contribution is 6.36. The van der Waals surface area contributed by atoms with Crippen LogP contribution >= 0.6 is 23.2 Å². The van der Waals surface area contributed by atoms with Crippen LogP contribution in [0.4, 0.5) is 0 Å². The van der Waals surface area contributed by atoms with Gasteiger partial charge in [-0.25, -0.2) is 14.6 Å². The van der Waals surface area contributed by atoms with Crippen LogP contribution in [-0.2, 0) is 9.53 Å². The summed E-state index contributed by atoms with van der Waals surface area (Å²) in [5.74, 6) is 0.205. The van der Waals surface area contributed by atoms with Gasteiger partial charge in [0.05, 0.1) is 10.6 Å². The normalized spacial score (nSPS) is 15.4. The molecule has 0 N–H and O–H groups in total. The van der Waals surface area contributed by atoms with Gasteiger partial charge in [-0.3, -0.25) is 0 Å². The van der Waals surface area contributed by atoms with Gasteiger partial charge in [0.15, 0.2) is 17.2 Å². The highest BCUT2D eigenvalue weighted by atomic mass is 35.5. The number of esters is 2. The van der Waals surface area contributed by atoms with E-state index in [2.05, 4.69) is 4.99 Å². The van der Waals surface area contributed by atoms with E-state index in [0.717, 1.165) is 0 Å². The minimum atomic E-state index is -0.666. The lowest BCUT2D eigenvalue weighted by Crippen LogP contribution is -2.10. The number of halogens is 2. The number of carbonyl (C=O) groups excluding carboxylic acids is 2. The minimum Gasteiger partial charge on any atom is -0.454 e. The fraction of sp³-hybridized carbons (Fsp3) is 0.0417. The number of hydrogen-bond donors (Lipinski definition) is 0. The zero-order chi connectivity index (χ0) is 22.9. The molecule has 0 saturated heterocycles. The first-order chi connectivity index (χ1) is 16.0. The molecule has 0 atom stereocenters. The highest BCUT2D eigenvalue weighted by Crippen LogP contribution is 2.34. The molecule has 0 unspecified atom stereocenters. The third kappa shape index (κ3) is 4.28. The number of ether oxygens (including phenoxy) is 4. The molecule has 164 valence electrons. The fourth-order valence-electron chi connectivity index (χ4n) is 3.21. The topological polar surface area (TPSA) is 83.4 Å². The smallest absolute Gasteiger partial charge is 0.363 e. The van der Waals surface area contributed by atoms with Gasteiger partial charge in [0, 0.05) is 16.1 Å². The van der Waals surface area contributed by atoms with Gasteiger partial charge in [0.1, 0.15) is 5.75 Å². The minimum absolute atomic E-state index is 0.0516. The number of para-hydroxylation sites is 1. The summed E-state index contributed by atoms with van der Waals surface area (Å²) in [5.41, 5.74) is 1.23. The third-order valence-corrected chi connectivity index (χ3v) is 5.35. The second kappa shape index (κ2) is 8.61. The van der Waals surface area contributed by atoms with Gasteiger partial charge in [-0.1, -0.05) is 41.4 Å². The summed E-state index contributed by atoms with van der Waals surface area (Å²) in [7, 11) is 0. The van der Waals surface area contributed by atoms with Crippen LogP contribution in [-0.4, -0.2) is 24.6 Å². The van der Waals surface area contributed by atoms with Crippen LogP contribution in [0.1, 0.15) is 21.5 Å². The van der Waals surface area contributed by atoms with Crippen molar-refractivity contribution in [1.82, 2.24) is 0 Å². The second-order valence-corrected chi connectivity index (χ2v) is 7.80. The standard InChI is InChI=1S/C24H13Cl2NO6/c25-15-6-7-16(17(26)11-15)23(28)32-19-4-2-1-3-13(19)9-18-24(29)33-22(27-18)14-5-8-20-21(10-14)31-12-30-20/h1-11H,12H2/b18-9+. The highest BCUT2D eigenvalue weighted by Gasteiger charge is 2.26. The van der Waals surface area contributed by atoms with Gasteiger partial charge in [-0.15, -0.1) is 0 Å². The van der Waals surface area contributed by atoms with E-state index in [1.54, 1.807) is 48.5 Å². The Morgan fingerprint density at radius 2 is 1.82 bits per heavy atom. The Hall–Kier alpha value is -3.81. The van der Waals surface area contributed by atoms with Crippen LogP contribution in [0.2, 0.25) is 10.0 Å². The zero-order valence-electron chi connectivity index (χ0n) is 16.7. The zero-order valence-corrected chi connectivity index (χ0v) is 18.2. The van der Waals surface area contributed by atoms with Gasteiger partial charge >= 0.3 is 11.9 Å². The summed E-state index contributed by atoms with van der Waals surface area (Å²) >= 11 is 12.0. The van der Waals surface area contributed by atoms with Crippen LogP contribution in [0.25, 0.3) is 6.08 Å².